The van der Waals surface area contributed by atoms with Crippen molar-refractivity contribution in [2.75, 3.05) is 20.2 Å². The highest BCUT2D eigenvalue weighted by molar-refractivity contribution is 5.82. The third kappa shape index (κ3) is 1.41. The molecule has 0 fully saturated rings. The van der Waals surface area contributed by atoms with Crippen LogP contribution in [0.25, 0.3) is 0 Å². The lowest BCUT2D eigenvalue weighted by Crippen LogP contribution is -2.34. The molecule has 0 saturated carbocycles. The molecule has 4 heteroatoms. The van der Waals surface area contributed by atoms with Crippen LogP contribution in [0.5, 0.6) is 5.75 Å². The molecule has 0 aliphatic carbocycles. The zero-order chi connectivity index (χ0) is 11.0. The molecular weight excluding hydrogens is 202 g/mol. The lowest BCUT2D eigenvalue weighted by molar-refractivity contribution is 0.397. The van der Waals surface area contributed by atoms with Gasteiger partial charge in [0.15, 0.2) is 5.96 Å². The Kier molecular flexibility index (Phi) is 2.20. The number of nitrogens with zero attached hydrogens (tertiary/aromatic N) is 2. The van der Waals surface area contributed by atoms with E-state index in [2.05, 4.69) is 21.3 Å². The van der Waals surface area contributed by atoms with Crippen LogP contribution >= 0.6 is 0 Å². The minimum absolute atomic E-state index is 0.888. The summed E-state index contributed by atoms with van der Waals surface area (Å²) in [5.41, 5.74) is 2.64. The smallest absolute Gasteiger partial charge is 0.194 e. The molecule has 0 aromatic heterocycles. The Balaban J connectivity index is 1.88. The van der Waals surface area contributed by atoms with E-state index in [1.165, 1.54) is 11.1 Å². The van der Waals surface area contributed by atoms with Gasteiger partial charge in [-0.1, -0.05) is 12.1 Å². The molecule has 0 bridgehead atoms. The fourth-order valence-electron chi connectivity index (χ4n) is 2.33. The van der Waals surface area contributed by atoms with Crippen molar-refractivity contribution in [3.8, 4) is 5.75 Å². The second-order valence-corrected chi connectivity index (χ2v) is 4.09. The van der Waals surface area contributed by atoms with E-state index in [0.29, 0.717) is 0 Å². The Labute approximate surface area is 94.9 Å². The molecule has 16 heavy (non-hydrogen) atoms. The van der Waals surface area contributed by atoms with Gasteiger partial charge in [-0.05, 0) is 11.6 Å². The number of ether oxygens (including phenoxy) is 1. The van der Waals surface area contributed by atoms with Crippen LogP contribution in [0.4, 0.5) is 0 Å². The summed E-state index contributed by atoms with van der Waals surface area (Å²) in [6.07, 6.45) is 0. The molecular formula is C12H15N3O. The summed E-state index contributed by atoms with van der Waals surface area (Å²) in [7, 11) is 1.73. The Morgan fingerprint density at radius 3 is 3.06 bits per heavy atom. The molecule has 3 rings (SSSR count). The van der Waals surface area contributed by atoms with Crippen molar-refractivity contribution in [3.05, 3.63) is 29.3 Å². The van der Waals surface area contributed by atoms with Crippen molar-refractivity contribution in [2.45, 2.75) is 13.1 Å². The zero-order valence-corrected chi connectivity index (χ0v) is 9.36. The van der Waals surface area contributed by atoms with Crippen LogP contribution in [-0.4, -0.2) is 31.1 Å². The molecule has 2 heterocycles. The maximum Gasteiger partial charge on any atom is 0.194 e. The molecule has 2 aliphatic rings. The molecule has 84 valence electrons. The van der Waals surface area contributed by atoms with Gasteiger partial charge in [-0.15, -0.1) is 0 Å². The van der Waals surface area contributed by atoms with Gasteiger partial charge in [-0.25, -0.2) is 0 Å². The lowest BCUT2D eigenvalue weighted by Gasteiger charge is -2.17. The number of benzene rings is 1. The first-order valence-electron chi connectivity index (χ1n) is 5.56. The van der Waals surface area contributed by atoms with Crippen LogP contribution in [0.1, 0.15) is 11.1 Å². The van der Waals surface area contributed by atoms with Crippen molar-refractivity contribution in [2.24, 2.45) is 4.99 Å². The maximum absolute atomic E-state index is 5.38. The van der Waals surface area contributed by atoms with Gasteiger partial charge in [-0.2, -0.15) is 0 Å². The molecule has 0 spiro atoms. The Bertz CT molecular complexity index is 442. The third-order valence-electron chi connectivity index (χ3n) is 3.12. The normalized spacial score (nSPS) is 18.1. The summed E-state index contributed by atoms with van der Waals surface area (Å²) < 4.78 is 5.38. The fraction of sp³-hybridized carbons (Fsp3) is 0.417. The topological polar surface area (TPSA) is 36.9 Å². The van der Waals surface area contributed by atoms with Gasteiger partial charge in [0, 0.05) is 18.7 Å². The minimum Gasteiger partial charge on any atom is -0.496 e. The maximum atomic E-state index is 5.38. The van der Waals surface area contributed by atoms with Gasteiger partial charge >= 0.3 is 0 Å². The highest BCUT2D eigenvalue weighted by Gasteiger charge is 2.25. The highest BCUT2D eigenvalue weighted by atomic mass is 16.5. The van der Waals surface area contributed by atoms with E-state index in [1.807, 2.05) is 12.1 Å². The third-order valence-corrected chi connectivity index (χ3v) is 3.12. The van der Waals surface area contributed by atoms with Crippen molar-refractivity contribution < 1.29 is 4.74 Å². The van der Waals surface area contributed by atoms with Crippen LogP contribution in [-0.2, 0) is 13.1 Å². The number of rotatable bonds is 1. The first-order valence-corrected chi connectivity index (χ1v) is 5.56. The standard InChI is InChI=1S/C12H15N3O/c1-16-11-4-2-3-9-7-15(8-10(9)11)12-13-5-6-14-12/h2-4H,5-8H2,1H3,(H,13,14). The van der Waals surface area contributed by atoms with Crippen LogP contribution in [0, 0.1) is 0 Å². The average molecular weight is 217 g/mol. The molecule has 1 aromatic rings. The average Bonchev–Trinajstić information content (AvgIpc) is 2.96. The molecule has 1 N–H and O–H groups in total. The van der Waals surface area contributed by atoms with Crippen molar-refractivity contribution >= 4 is 5.96 Å². The first kappa shape index (κ1) is 9.51. The van der Waals surface area contributed by atoms with Crippen molar-refractivity contribution in [1.29, 1.82) is 0 Å². The lowest BCUT2D eigenvalue weighted by atomic mass is 10.1. The summed E-state index contributed by atoms with van der Waals surface area (Å²) >= 11 is 0. The summed E-state index contributed by atoms with van der Waals surface area (Å²) in [6.45, 7) is 3.67. The van der Waals surface area contributed by atoms with Crippen LogP contribution in [0.3, 0.4) is 0 Å². The molecule has 0 amide bonds. The predicted molar refractivity (Wildman–Crippen MR) is 62.5 cm³/mol. The largest absolute Gasteiger partial charge is 0.496 e. The second kappa shape index (κ2) is 3.70. The molecule has 0 radical (unpaired) electrons. The zero-order valence-electron chi connectivity index (χ0n) is 9.36. The minimum atomic E-state index is 0.888. The Morgan fingerprint density at radius 2 is 2.31 bits per heavy atom. The van der Waals surface area contributed by atoms with Gasteiger partial charge in [0.25, 0.3) is 0 Å². The van der Waals surface area contributed by atoms with Gasteiger partial charge in [-0.3, -0.25) is 4.99 Å². The van der Waals surface area contributed by atoms with Gasteiger partial charge < -0.3 is 15.0 Å². The number of aliphatic imine (C=N–C) groups is 1. The summed E-state index contributed by atoms with van der Waals surface area (Å²) in [6, 6.07) is 6.23. The molecule has 1 aromatic carbocycles. The number of methoxy groups -OCH3 is 1. The first-order chi connectivity index (χ1) is 7.88. The van der Waals surface area contributed by atoms with Crippen molar-refractivity contribution in [3.63, 3.8) is 0 Å². The number of fused-ring (bicyclic) bond motifs is 1. The number of hydrogen-bond acceptors (Lipinski definition) is 4. The van der Waals surface area contributed by atoms with E-state index < -0.39 is 0 Å². The Hall–Kier alpha value is -1.71. The summed E-state index contributed by atoms with van der Waals surface area (Å²) in [5.74, 6) is 2.01. The molecule has 0 atom stereocenters. The van der Waals surface area contributed by atoms with Gasteiger partial charge in [0.05, 0.1) is 20.2 Å². The van der Waals surface area contributed by atoms with Crippen LogP contribution < -0.4 is 10.1 Å². The van der Waals surface area contributed by atoms with Crippen molar-refractivity contribution in [1.82, 2.24) is 10.2 Å². The number of hydrogen-bond donors (Lipinski definition) is 1. The predicted octanol–water partition coefficient (Wildman–Crippen LogP) is 0.970. The summed E-state index contributed by atoms with van der Waals surface area (Å²) in [4.78, 5) is 6.71. The number of guanidine groups is 1. The van der Waals surface area contributed by atoms with E-state index in [0.717, 1.165) is 37.9 Å². The number of nitrogens with one attached hydrogen (secondary N) is 1. The van der Waals surface area contributed by atoms with Crippen LogP contribution in [0.15, 0.2) is 23.2 Å². The molecule has 0 unspecified atom stereocenters. The van der Waals surface area contributed by atoms with E-state index >= 15 is 0 Å². The van der Waals surface area contributed by atoms with E-state index in [1.54, 1.807) is 7.11 Å². The van der Waals surface area contributed by atoms with E-state index in [9.17, 15) is 0 Å². The molecule has 0 saturated heterocycles. The summed E-state index contributed by atoms with van der Waals surface area (Å²) in [5, 5.41) is 3.31. The van der Waals surface area contributed by atoms with Gasteiger partial charge in [0.1, 0.15) is 5.75 Å². The van der Waals surface area contributed by atoms with Gasteiger partial charge in [0.2, 0.25) is 0 Å². The molecule has 4 nitrogen and oxygen atoms in total. The monoisotopic (exact) mass is 217 g/mol. The second-order valence-electron chi connectivity index (χ2n) is 4.09. The quantitative estimate of drug-likeness (QED) is 0.761. The SMILES string of the molecule is COc1cccc2c1CN(C1=NCCN1)C2. The van der Waals surface area contributed by atoms with Crippen LogP contribution in [0.2, 0.25) is 0 Å². The Morgan fingerprint density at radius 1 is 1.38 bits per heavy atom. The van der Waals surface area contributed by atoms with E-state index in [4.69, 9.17) is 4.74 Å². The van der Waals surface area contributed by atoms with E-state index in [-0.39, 0.29) is 0 Å². The molecule has 2 aliphatic heterocycles. The fourth-order valence-corrected chi connectivity index (χ4v) is 2.33. The highest BCUT2D eigenvalue weighted by Crippen LogP contribution is 2.30.